The standard InChI is InChI=1S/C29H28Cl2F3N3O5/c1-16(2)24(26(38)29(32,33)34)36-28(40)25(17-7-9-21(41-3)10-8-17)37-27(39)23(15-20-6-4-5-11-35-20)42-22-13-18(30)12-19(31)14-22/h4-14,16,23-25H,15H2,1-3H3,(H,36,40)(H,37,39)/t23?,24-,25-/m0/s1. The fourth-order valence-corrected chi connectivity index (χ4v) is 4.44. The molecule has 0 saturated carbocycles. The second-order valence-corrected chi connectivity index (χ2v) is 10.4. The summed E-state index contributed by atoms with van der Waals surface area (Å²) in [6.07, 6.45) is -4.98. The summed E-state index contributed by atoms with van der Waals surface area (Å²) in [5, 5.41) is 5.22. The van der Waals surface area contributed by atoms with E-state index in [4.69, 9.17) is 32.7 Å². The van der Waals surface area contributed by atoms with E-state index in [0.29, 0.717) is 11.4 Å². The lowest BCUT2D eigenvalue weighted by atomic mass is 9.97. The van der Waals surface area contributed by atoms with Crippen molar-refractivity contribution in [1.82, 2.24) is 15.6 Å². The van der Waals surface area contributed by atoms with Gasteiger partial charge in [-0.3, -0.25) is 19.4 Å². The van der Waals surface area contributed by atoms with Crippen LogP contribution in [-0.2, 0) is 20.8 Å². The molecule has 0 bridgehead atoms. The molecule has 1 unspecified atom stereocenters. The third-order valence-corrected chi connectivity index (χ3v) is 6.49. The number of halogens is 5. The number of carbonyl (C=O) groups excluding carboxylic acids is 3. The molecular weight excluding hydrogens is 598 g/mol. The molecular formula is C29H28Cl2F3N3O5. The highest BCUT2D eigenvalue weighted by atomic mass is 35.5. The van der Waals surface area contributed by atoms with Crippen LogP contribution in [0.4, 0.5) is 13.2 Å². The summed E-state index contributed by atoms with van der Waals surface area (Å²) >= 11 is 12.2. The Hall–Kier alpha value is -3.83. The van der Waals surface area contributed by atoms with Gasteiger partial charge < -0.3 is 20.1 Å². The molecule has 0 aliphatic rings. The van der Waals surface area contributed by atoms with Crippen LogP contribution in [0.3, 0.4) is 0 Å². The number of carbonyl (C=O) groups is 3. The van der Waals surface area contributed by atoms with Crippen molar-refractivity contribution in [2.24, 2.45) is 5.92 Å². The third-order valence-electron chi connectivity index (χ3n) is 6.05. The van der Waals surface area contributed by atoms with E-state index in [-0.39, 0.29) is 27.8 Å². The number of amides is 2. The number of pyridine rings is 1. The molecule has 2 amide bonds. The number of ketones is 1. The minimum Gasteiger partial charge on any atom is -0.497 e. The van der Waals surface area contributed by atoms with E-state index in [9.17, 15) is 27.6 Å². The Morgan fingerprint density at radius 2 is 1.55 bits per heavy atom. The lowest BCUT2D eigenvalue weighted by molar-refractivity contribution is -0.175. The van der Waals surface area contributed by atoms with Crippen LogP contribution in [0.2, 0.25) is 10.0 Å². The van der Waals surface area contributed by atoms with Gasteiger partial charge >= 0.3 is 6.18 Å². The molecule has 0 saturated heterocycles. The Bertz CT molecular complexity index is 1370. The zero-order valence-electron chi connectivity index (χ0n) is 22.7. The van der Waals surface area contributed by atoms with Crippen LogP contribution in [0.25, 0.3) is 0 Å². The first-order valence-corrected chi connectivity index (χ1v) is 13.4. The van der Waals surface area contributed by atoms with Gasteiger partial charge in [0.25, 0.3) is 11.7 Å². The van der Waals surface area contributed by atoms with E-state index in [1.54, 1.807) is 18.2 Å². The average Bonchev–Trinajstić information content (AvgIpc) is 2.93. The maximum Gasteiger partial charge on any atom is 0.452 e. The van der Waals surface area contributed by atoms with E-state index >= 15 is 0 Å². The molecule has 0 radical (unpaired) electrons. The Kier molecular flexibility index (Phi) is 11.2. The highest BCUT2D eigenvalue weighted by molar-refractivity contribution is 6.34. The van der Waals surface area contributed by atoms with E-state index in [1.807, 2.05) is 0 Å². The number of Topliss-reactive ketones (excluding diaryl/α,β-unsaturated/α-hetero) is 1. The predicted molar refractivity (Wildman–Crippen MR) is 151 cm³/mol. The molecule has 1 heterocycles. The van der Waals surface area contributed by atoms with Crippen molar-refractivity contribution in [1.29, 1.82) is 0 Å². The van der Waals surface area contributed by atoms with E-state index < -0.39 is 47.9 Å². The maximum absolute atomic E-state index is 13.7. The van der Waals surface area contributed by atoms with Crippen molar-refractivity contribution in [3.05, 3.63) is 88.2 Å². The lowest BCUT2D eigenvalue weighted by Gasteiger charge is -2.27. The van der Waals surface area contributed by atoms with Crippen LogP contribution in [0.1, 0.15) is 31.1 Å². The summed E-state index contributed by atoms with van der Waals surface area (Å²) in [7, 11) is 1.43. The van der Waals surface area contributed by atoms with Gasteiger partial charge in [0.2, 0.25) is 5.91 Å². The minimum absolute atomic E-state index is 0.0467. The number of nitrogens with zero attached hydrogens (tertiary/aromatic N) is 1. The summed E-state index contributed by atoms with van der Waals surface area (Å²) in [6.45, 7) is 2.73. The van der Waals surface area contributed by atoms with E-state index in [1.165, 1.54) is 69.6 Å². The molecule has 2 N–H and O–H groups in total. The summed E-state index contributed by atoms with van der Waals surface area (Å²) < 4.78 is 50.9. The van der Waals surface area contributed by atoms with Crippen molar-refractivity contribution < 1.29 is 37.0 Å². The number of aromatic nitrogens is 1. The van der Waals surface area contributed by atoms with Gasteiger partial charge in [0.1, 0.15) is 17.5 Å². The molecule has 0 spiro atoms. The summed E-state index contributed by atoms with van der Waals surface area (Å²) in [5.74, 6) is -4.25. The SMILES string of the molecule is COc1ccc([C@H](NC(=O)C(Cc2ccccn2)Oc2cc(Cl)cc(Cl)c2)C(=O)N[C@H](C(=O)C(F)(F)F)C(C)C)cc1. The first kappa shape index (κ1) is 32.7. The van der Waals surface area contributed by atoms with Gasteiger partial charge in [0, 0.05) is 28.4 Å². The smallest absolute Gasteiger partial charge is 0.452 e. The number of nitrogens with one attached hydrogen (secondary N) is 2. The number of benzene rings is 2. The second kappa shape index (κ2) is 14.4. The molecule has 3 aromatic rings. The Balaban J connectivity index is 1.96. The number of ether oxygens (including phenoxy) is 2. The number of methoxy groups -OCH3 is 1. The quantitative estimate of drug-likeness (QED) is 0.275. The summed E-state index contributed by atoms with van der Waals surface area (Å²) in [6, 6.07) is 12.0. The normalized spacial score (nSPS) is 13.5. The fourth-order valence-electron chi connectivity index (χ4n) is 3.94. The third kappa shape index (κ3) is 9.09. The molecule has 8 nitrogen and oxygen atoms in total. The molecule has 0 fully saturated rings. The molecule has 3 rings (SSSR count). The van der Waals surface area contributed by atoms with Crippen LogP contribution in [0.15, 0.2) is 66.9 Å². The van der Waals surface area contributed by atoms with Gasteiger partial charge in [0.15, 0.2) is 6.10 Å². The number of rotatable bonds is 12. The monoisotopic (exact) mass is 625 g/mol. The van der Waals surface area contributed by atoms with Gasteiger partial charge in [-0.15, -0.1) is 0 Å². The first-order valence-electron chi connectivity index (χ1n) is 12.7. The largest absolute Gasteiger partial charge is 0.497 e. The van der Waals surface area contributed by atoms with Crippen LogP contribution in [0, 0.1) is 5.92 Å². The highest BCUT2D eigenvalue weighted by Gasteiger charge is 2.45. The number of hydrogen-bond donors (Lipinski definition) is 2. The van der Waals surface area contributed by atoms with Crippen molar-refractivity contribution in [3.63, 3.8) is 0 Å². The minimum atomic E-state index is -5.18. The second-order valence-electron chi connectivity index (χ2n) is 9.54. The highest BCUT2D eigenvalue weighted by Crippen LogP contribution is 2.27. The predicted octanol–water partition coefficient (Wildman–Crippen LogP) is 5.52. The van der Waals surface area contributed by atoms with Crippen molar-refractivity contribution in [2.75, 3.05) is 7.11 Å². The Morgan fingerprint density at radius 3 is 2.07 bits per heavy atom. The van der Waals surface area contributed by atoms with Gasteiger partial charge in [-0.05, 0) is 53.9 Å². The first-order chi connectivity index (χ1) is 19.8. The molecule has 224 valence electrons. The Labute approximate surface area is 250 Å². The topological polar surface area (TPSA) is 107 Å². The molecule has 0 aliphatic heterocycles. The number of hydrogen-bond acceptors (Lipinski definition) is 6. The molecule has 42 heavy (non-hydrogen) atoms. The molecule has 2 aromatic carbocycles. The molecule has 1 aromatic heterocycles. The van der Waals surface area contributed by atoms with Gasteiger partial charge in [-0.1, -0.05) is 55.2 Å². The van der Waals surface area contributed by atoms with Crippen LogP contribution in [-0.4, -0.2) is 48.0 Å². The van der Waals surface area contributed by atoms with Crippen LogP contribution >= 0.6 is 23.2 Å². The van der Waals surface area contributed by atoms with Gasteiger partial charge in [0.05, 0.1) is 13.2 Å². The fraction of sp³-hybridized carbons (Fsp3) is 0.310. The zero-order chi connectivity index (χ0) is 31.0. The summed E-state index contributed by atoms with van der Waals surface area (Å²) in [5.41, 5.74) is 0.692. The maximum atomic E-state index is 13.7. The Morgan fingerprint density at radius 1 is 0.905 bits per heavy atom. The molecule has 3 atom stereocenters. The lowest BCUT2D eigenvalue weighted by Crippen LogP contribution is -2.53. The average molecular weight is 626 g/mol. The molecule has 0 aliphatic carbocycles. The van der Waals surface area contributed by atoms with Gasteiger partial charge in [-0.2, -0.15) is 13.2 Å². The van der Waals surface area contributed by atoms with Crippen LogP contribution < -0.4 is 20.1 Å². The number of alkyl halides is 3. The van der Waals surface area contributed by atoms with E-state index in [2.05, 4.69) is 15.6 Å². The van der Waals surface area contributed by atoms with Gasteiger partial charge in [-0.25, -0.2) is 0 Å². The van der Waals surface area contributed by atoms with Crippen molar-refractivity contribution in [3.8, 4) is 11.5 Å². The zero-order valence-corrected chi connectivity index (χ0v) is 24.3. The molecule has 13 heteroatoms. The van der Waals surface area contributed by atoms with Crippen LogP contribution in [0.5, 0.6) is 11.5 Å². The van der Waals surface area contributed by atoms with E-state index in [0.717, 1.165) is 0 Å². The summed E-state index contributed by atoms with van der Waals surface area (Å²) in [4.78, 5) is 43.4. The van der Waals surface area contributed by atoms with Crippen molar-refractivity contribution in [2.45, 2.75) is 44.6 Å². The van der Waals surface area contributed by atoms with Crippen molar-refractivity contribution >= 4 is 40.8 Å².